The first-order valence-corrected chi connectivity index (χ1v) is 12.5. The highest BCUT2D eigenvalue weighted by atomic mass is 32.2. The molecule has 0 saturated carbocycles. The maximum atomic E-state index is 12.9. The number of carbonyl (C=O) groups excluding carboxylic acids is 1. The molecule has 0 bridgehead atoms. The Morgan fingerprint density at radius 3 is 2.46 bits per heavy atom. The summed E-state index contributed by atoms with van der Waals surface area (Å²) in [6, 6.07) is 21.1. The molecule has 0 unspecified atom stereocenters. The van der Waals surface area contributed by atoms with Gasteiger partial charge in [0.25, 0.3) is 5.78 Å². The molecule has 0 aliphatic carbocycles. The van der Waals surface area contributed by atoms with Crippen molar-refractivity contribution in [1.82, 2.24) is 24.5 Å². The van der Waals surface area contributed by atoms with Gasteiger partial charge in [-0.25, -0.2) is 9.50 Å². The predicted octanol–water partition coefficient (Wildman–Crippen LogP) is 3.21. The second-order valence-corrected chi connectivity index (χ2v) is 9.66. The first-order chi connectivity index (χ1) is 17.1. The summed E-state index contributed by atoms with van der Waals surface area (Å²) in [5.74, 6) is 0.867. The highest BCUT2D eigenvalue weighted by molar-refractivity contribution is 8.00. The summed E-state index contributed by atoms with van der Waals surface area (Å²) in [4.78, 5) is 23.4. The van der Waals surface area contributed by atoms with Crippen molar-refractivity contribution in [2.75, 3.05) is 5.75 Å². The van der Waals surface area contributed by atoms with Crippen LogP contribution in [0.5, 0.6) is 0 Å². The summed E-state index contributed by atoms with van der Waals surface area (Å²) >= 11 is 7.47. The quantitative estimate of drug-likeness (QED) is 0.330. The molecule has 2 aromatic heterocycles. The monoisotopic (exact) mass is 500 g/mol. The molecule has 35 heavy (non-hydrogen) atoms. The maximum Gasteiger partial charge on any atom is 0.252 e. The van der Waals surface area contributed by atoms with Crippen LogP contribution in [0.25, 0.3) is 11.4 Å². The van der Waals surface area contributed by atoms with E-state index in [1.54, 1.807) is 27.4 Å². The van der Waals surface area contributed by atoms with Gasteiger partial charge in [0.05, 0.1) is 5.69 Å². The number of carbonyl (C=O) groups is 1. The van der Waals surface area contributed by atoms with Crippen LogP contribution < -0.4 is 5.73 Å². The number of fused-ring (bicyclic) bond motifs is 2. The molecule has 2 aromatic carbocycles. The lowest BCUT2D eigenvalue weighted by molar-refractivity contribution is -0.140. The third-order valence-electron chi connectivity index (χ3n) is 6.09. The minimum Gasteiger partial charge on any atom is -0.469 e. The molecule has 10 heteroatoms. The number of hydrogen-bond acceptors (Lipinski definition) is 8. The lowest BCUT2D eigenvalue weighted by Crippen LogP contribution is -2.68. The Bertz CT molecular complexity index is 1420. The van der Waals surface area contributed by atoms with E-state index in [0.717, 1.165) is 16.7 Å². The van der Waals surface area contributed by atoms with Crippen molar-refractivity contribution in [3.63, 3.8) is 0 Å². The van der Waals surface area contributed by atoms with Crippen LogP contribution in [0, 0.1) is 0 Å². The molecule has 8 nitrogen and oxygen atoms in total. The third-order valence-corrected chi connectivity index (χ3v) is 7.68. The van der Waals surface area contributed by atoms with Gasteiger partial charge in [0.1, 0.15) is 29.5 Å². The topological polar surface area (TPSA) is 98.6 Å². The van der Waals surface area contributed by atoms with Gasteiger partial charge < -0.3 is 10.5 Å². The highest BCUT2D eigenvalue weighted by Gasteiger charge is 2.51. The van der Waals surface area contributed by atoms with Gasteiger partial charge in [0.2, 0.25) is 11.0 Å². The van der Waals surface area contributed by atoms with E-state index in [4.69, 9.17) is 22.7 Å². The molecule has 0 radical (unpaired) electrons. The van der Waals surface area contributed by atoms with Crippen molar-refractivity contribution < 1.29 is 9.53 Å². The highest BCUT2D eigenvalue weighted by Crippen LogP contribution is 2.43. The van der Waals surface area contributed by atoms with Crippen LogP contribution in [0.15, 0.2) is 85.0 Å². The summed E-state index contributed by atoms with van der Waals surface area (Å²) in [5, 5.41) is 4.16. The first-order valence-electron chi connectivity index (χ1n) is 11.0. The summed E-state index contributed by atoms with van der Waals surface area (Å²) in [7, 11) is 0. The molecule has 174 valence electrons. The zero-order chi connectivity index (χ0) is 23.9. The molecule has 2 aliphatic rings. The number of ether oxygens (including phenoxy) is 1. The Morgan fingerprint density at radius 1 is 1.09 bits per heavy atom. The second kappa shape index (κ2) is 8.88. The number of hydrogen-bond donors (Lipinski definition) is 1. The number of thioether (sulfide) groups is 1. The van der Waals surface area contributed by atoms with Crippen LogP contribution in [-0.2, 0) is 9.53 Å². The lowest BCUT2D eigenvalue weighted by atomic mass is 10.0. The average molecular weight is 501 g/mol. The summed E-state index contributed by atoms with van der Waals surface area (Å²) in [5.41, 5.74) is 10.0. The Hall–Kier alpha value is -3.60. The van der Waals surface area contributed by atoms with Crippen molar-refractivity contribution in [1.29, 1.82) is 0 Å². The molecule has 0 spiro atoms. The first kappa shape index (κ1) is 21.9. The Morgan fingerprint density at radius 2 is 1.77 bits per heavy atom. The smallest absolute Gasteiger partial charge is 0.252 e. The molecule has 2 aliphatic heterocycles. The lowest BCUT2D eigenvalue weighted by Gasteiger charge is -2.49. The molecular weight excluding hydrogens is 480 g/mol. The number of benzene rings is 2. The third kappa shape index (κ3) is 3.79. The van der Waals surface area contributed by atoms with E-state index < -0.39 is 12.1 Å². The van der Waals surface area contributed by atoms with Crippen molar-refractivity contribution >= 4 is 46.3 Å². The predicted molar refractivity (Wildman–Crippen MR) is 137 cm³/mol. The molecule has 1 fully saturated rings. The van der Waals surface area contributed by atoms with E-state index in [-0.39, 0.29) is 16.3 Å². The fourth-order valence-corrected chi connectivity index (χ4v) is 5.95. The summed E-state index contributed by atoms with van der Waals surface area (Å²) in [6.07, 6.45) is 2.79. The van der Waals surface area contributed by atoms with E-state index in [9.17, 15) is 4.79 Å². The average Bonchev–Trinajstić information content (AvgIpc) is 3.39. The van der Waals surface area contributed by atoms with Crippen molar-refractivity contribution in [3.05, 3.63) is 102 Å². The fraction of sp³-hybridized carbons (Fsp3) is 0.160. The fourth-order valence-electron chi connectivity index (χ4n) is 4.33. The zero-order valence-corrected chi connectivity index (χ0v) is 20.0. The van der Waals surface area contributed by atoms with Crippen LogP contribution in [0.2, 0.25) is 0 Å². The number of β-lactam (4-membered cyclic amide) rings is 1. The van der Waals surface area contributed by atoms with Crippen LogP contribution in [0.1, 0.15) is 22.9 Å². The van der Waals surface area contributed by atoms with Crippen molar-refractivity contribution in [3.8, 4) is 0 Å². The van der Waals surface area contributed by atoms with E-state index in [2.05, 4.69) is 15.1 Å². The summed E-state index contributed by atoms with van der Waals surface area (Å²) < 4.78 is 8.08. The Balaban J connectivity index is 1.44. The normalized spacial score (nSPS) is 19.6. The van der Waals surface area contributed by atoms with E-state index in [1.165, 1.54) is 6.33 Å². The van der Waals surface area contributed by atoms with Crippen molar-refractivity contribution in [2.45, 2.75) is 17.5 Å². The number of thiocarbonyl (C=S) groups is 1. The van der Waals surface area contributed by atoms with Crippen LogP contribution in [-0.4, -0.2) is 52.6 Å². The van der Waals surface area contributed by atoms with Crippen LogP contribution in [0.3, 0.4) is 0 Å². The minimum atomic E-state index is -0.565. The van der Waals surface area contributed by atoms with Gasteiger partial charge >= 0.3 is 0 Å². The van der Waals surface area contributed by atoms with Gasteiger partial charge in [-0.05, 0) is 29.4 Å². The Kier molecular flexibility index (Phi) is 5.56. The van der Waals surface area contributed by atoms with Gasteiger partial charge in [-0.1, -0.05) is 60.7 Å². The van der Waals surface area contributed by atoms with Crippen LogP contribution >= 0.6 is 24.0 Å². The number of amides is 1. The second-order valence-electron chi connectivity index (χ2n) is 8.19. The number of nitrogens with zero attached hydrogens (tertiary/aromatic N) is 5. The zero-order valence-electron chi connectivity index (χ0n) is 18.4. The number of nitrogens with two attached hydrogens (primary N) is 1. The summed E-state index contributed by atoms with van der Waals surface area (Å²) in [6.45, 7) is 0. The maximum absolute atomic E-state index is 12.9. The largest absolute Gasteiger partial charge is 0.469 e. The molecule has 1 saturated heterocycles. The minimum absolute atomic E-state index is 0.180. The van der Waals surface area contributed by atoms with Gasteiger partial charge in [0.15, 0.2) is 0 Å². The molecular formula is C25H20N6O2S2. The standard InChI is InChI=1S/C25H20N6O2S2/c26-19-22(32)31-20(17(13-35-23(19)31)18-11-12-30-25(29-18)27-14-28-30)24(34)33-21(15-7-3-1-4-8-15)16-9-5-2-6-10-16/h1-12,14,19,21,23H,13,26H2/t19-,23-/m1/s1. The van der Waals surface area contributed by atoms with Crippen LogP contribution in [0.4, 0.5) is 0 Å². The number of aromatic nitrogens is 4. The number of rotatable bonds is 5. The molecule has 6 rings (SSSR count). The van der Waals surface area contributed by atoms with E-state index in [1.807, 2.05) is 66.7 Å². The molecule has 1 amide bonds. The molecule has 2 N–H and O–H groups in total. The van der Waals surface area contributed by atoms with Gasteiger partial charge in [-0.15, -0.1) is 11.8 Å². The van der Waals surface area contributed by atoms with Gasteiger partial charge in [-0.3, -0.25) is 9.69 Å². The SMILES string of the molecule is N[C@@H]1C(=O)N2C(C(=S)OC(c3ccccc3)c3ccccc3)=C(c3ccn4ncnc4n3)CS[C@H]12. The Labute approximate surface area is 210 Å². The van der Waals surface area contributed by atoms with E-state index in [0.29, 0.717) is 22.9 Å². The molecule has 4 aromatic rings. The van der Waals surface area contributed by atoms with Crippen molar-refractivity contribution in [2.24, 2.45) is 5.73 Å². The van der Waals surface area contributed by atoms with E-state index >= 15 is 0 Å². The van der Waals surface area contributed by atoms with Gasteiger partial charge in [-0.2, -0.15) is 10.1 Å². The molecule has 2 atom stereocenters. The molecule has 4 heterocycles. The van der Waals surface area contributed by atoms with Gasteiger partial charge in [0, 0.05) is 17.5 Å².